The summed E-state index contributed by atoms with van der Waals surface area (Å²) in [7, 11) is 0. The van der Waals surface area contributed by atoms with Crippen molar-refractivity contribution in [3.8, 4) is 0 Å². The minimum atomic E-state index is -0.347. The van der Waals surface area contributed by atoms with Crippen LogP contribution in [0.3, 0.4) is 0 Å². The van der Waals surface area contributed by atoms with Crippen LogP contribution in [0.2, 0.25) is 0 Å². The Hall–Kier alpha value is -1.39. The van der Waals surface area contributed by atoms with Crippen molar-refractivity contribution >= 4 is 5.91 Å². The fourth-order valence-electron chi connectivity index (χ4n) is 5.35. The maximum atomic E-state index is 11.2. The van der Waals surface area contributed by atoms with Crippen LogP contribution < -0.4 is 5.73 Å². The molecule has 0 atom stereocenters. The summed E-state index contributed by atoms with van der Waals surface area (Å²) in [6.45, 7) is 6.07. The predicted octanol–water partition coefficient (Wildman–Crippen LogP) is 3.41. The summed E-state index contributed by atoms with van der Waals surface area (Å²) in [6, 6.07) is 8.69. The van der Waals surface area contributed by atoms with Crippen LogP contribution in [0, 0.1) is 5.41 Å². The number of nitrogens with zero attached hydrogens (tertiary/aromatic N) is 2. The Morgan fingerprint density at radius 1 is 0.962 bits per heavy atom. The normalized spacial score (nSPS) is 24.9. The molecule has 2 N–H and O–H groups in total. The Bertz CT molecular complexity index is 603. The van der Waals surface area contributed by atoms with Crippen molar-refractivity contribution in [1.29, 1.82) is 0 Å². The van der Waals surface area contributed by atoms with Gasteiger partial charge in [0, 0.05) is 18.2 Å². The van der Waals surface area contributed by atoms with Gasteiger partial charge < -0.3 is 10.6 Å². The molecule has 4 heteroatoms. The summed E-state index contributed by atoms with van der Waals surface area (Å²) in [5, 5.41) is 0. The van der Waals surface area contributed by atoms with Crippen LogP contribution >= 0.6 is 0 Å². The molecule has 4 nitrogen and oxygen atoms in total. The van der Waals surface area contributed by atoms with Gasteiger partial charge in [0.25, 0.3) is 0 Å². The van der Waals surface area contributed by atoms with E-state index in [1.807, 2.05) is 24.3 Å². The highest BCUT2D eigenvalue weighted by molar-refractivity contribution is 5.92. The van der Waals surface area contributed by atoms with Crippen LogP contribution in [-0.4, -0.2) is 47.9 Å². The molecule has 1 aromatic rings. The highest BCUT2D eigenvalue weighted by Gasteiger charge is 2.39. The zero-order valence-corrected chi connectivity index (χ0v) is 16.0. The number of benzene rings is 1. The van der Waals surface area contributed by atoms with Crippen molar-refractivity contribution in [2.45, 2.75) is 64.0 Å². The Labute approximate surface area is 157 Å². The standard InChI is InChI=1S/C22H33N3O/c23-21(26)19-7-5-18(6-8-19)17-24-13-9-22(10-14-24)11-15-25(16-12-22)20-3-1-2-4-20/h5-8,20H,1-4,9-17H2,(H2,23,26). The SMILES string of the molecule is NC(=O)c1ccc(CN2CCC3(CC2)CCN(C2CCCC2)CC3)cc1. The number of hydrogen-bond donors (Lipinski definition) is 1. The number of likely N-dealkylation sites (tertiary alicyclic amines) is 2. The highest BCUT2D eigenvalue weighted by atomic mass is 16.1. The smallest absolute Gasteiger partial charge is 0.248 e. The summed E-state index contributed by atoms with van der Waals surface area (Å²) in [4.78, 5) is 16.6. The van der Waals surface area contributed by atoms with Gasteiger partial charge in [-0.25, -0.2) is 0 Å². The van der Waals surface area contributed by atoms with Gasteiger partial charge in [0.1, 0.15) is 0 Å². The van der Waals surface area contributed by atoms with E-state index >= 15 is 0 Å². The van der Waals surface area contributed by atoms with Gasteiger partial charge in [-0.1, -0.05) is 25.0 Å². The monoisotopic (exact) mass is 355 g/mol. The van der Waals surface area contributed by atoms with E-state index in [1.54, 1.807) is 0 Å². The number of primary amides is 1. The molecule has 0 aromatic heterocycles. The van der Waals surface area contributed by atoms with E-state index in [0.717, 1.165) is 12.6 Å². The van der Waals surface area contributed by atoms with E-state index < -0.39 is 0 Å². The molecule has 142 valence electrons. The molecule has 2 heterocycles. The third-order valence-electron chi connectivity index (χ3n) is 7.26. The topological polar surface area (TPSA) is 49.6 Å². The van der Waals surface area contributed by atoms with Crippen LogP contribution in [-0.2, 0) is 6.54 Å². The average Bonchev–Trinajstić information content (AvgIpc) is 3.20. The molecule has 0 unspecified atom stereocenters. The van der Waals surface area contributed by atoms with Crippen molar-refractivity contribution in [1.82, 2.24) is 9.80 Å². The third kappa shape index (κ3) is 3.96. The largest absolute Gasteiger partial charge is 0.366 e. The van der Waals surface area contributed by atoms with Crippen molar-refractivity contribution in [3.05, 3.63) is 35.4 Å². The number of nitrogens with two attached hydrogens (primary N) is 1. The van der Waals surface area contributed by atoms with Gasteiger partial charge in [-0.3, -0.25) is 9.69 Å². The predicted molar refractivity (Wildman–Crippen MR) is 105 cm³/mol. The van der Waals surface area contributed by atoms with E-state index in [0.29, 0.717) is 11.0 Å². The van der Waals surface area contributed by atoms with Crippen LogP contribution in [0.5, 0.6) is 0 Å². The van der Waals surface area contributed by atoms with Gasteiger partial charge in [-0.15, -0.1) is 0 Å². The molecule has 26 heavy (non-hydrogen) atoms. The number of amides is 1. The lowest BCUT2D eigenvalue weighted by molar-refractivity contribution is 0.0188. The third-order valence-corrected chi connectivity index (χ3v) is 7.26. The summed E-state index contributed by atoms with van der Waals surface area (Å²) in [5.74, 6) is -0.347. The van der Waals surface area contributed by atoms with Crippen molar-refractivity contribution in [2.75, 3.05) is 26.2 Å². The second-order valence-corrected chi connectivity index (χ2v) is 8.81. The number of piperidine rings is 2. The zero-order valence-electron chi connectivity index (χ0n) is 16.0. The molecule has 1 spiro atoms. The maximum Gasteiger partial charge on any atom is 0.248 e. The minimum absolute atomic E-state index is 0.347. The molecule has 2 saturated heterocycles. The molecular formula is C22H33N3O. The fourth-order valence-corrected chi connectivity index (χ4v) is 5.35. The number of rotatable bonds is 4. The Balaban J connectivity index is 1.25. The van der Waals surface area contributed by atoms with Gasteiger partial charge in [0.05, 0.1) is 0 Å². The number of carbonyl (C=O) groups excluding carboxylic acids is 1. The van der Waals surface area contributed by atoms with Crippen LogP contribution in [0.25, 0.3) is 0 Å². The number of hydrogen-bond acceptors (Lipinski definition) is 3. The van der Waals surface area contributed by atoms with E-state index in [-0.39, 0.29) is 5.91 Å². The molecule has 2 aliphatic heterocycles. The molecule has 1 aromatic carbocycles. The lowest BCUT2D eigenvalue weighted by Crippen LogP contribution is -2.48. The fraction of sp³-hybridized carbons (Fsp3) is 0.682. The molecule has 1 amide bonds. The first kappa shape index (κ1) is 18.0. The van der Waals surface area contributed by atoms with Crippen molar-refractivity contribution in [3.63, 3.8) is 0 Å². The van der Waals surface area contributed by atoms with Gasteiger partial charge >= 0.3 is 0 Å². The minimum Gasteiger partial charge on any atom is -0.366 e. The molecule has 3 fully saturated rings. The lowest BCUT2D eigenvalue weighted by atomic mass is 9.71. The average molecular weight is 356 g/mol. The van der Waals surface area contributed by atoms with Crippen LogP contribution in [0.15, 0.2) is 24.3 Å². The van der Waals surface area contributed by atoms with Crippen molar-refractivity contribution in [2.24, 2.45) is 11.1 Å². The molecule has 0 radical (unpaired) electrons. The van der Waals surface area contributed by atoms with E-state index in [9.17, 15) is 4.79 Å². The van der Waals surface area contributed by atoms with Gasteiger partial charge in [0.2, 0.25) is 5.91 Å². The first-order chi connectivity index (χ1) is 12.6. The van der Waals surface area contributed by atoms with E-state index in [1.165, 1.54) is 83.1 Å². The summed E-state index contributed by atoms with van der Waals surface area (Å²) < 4.78 is 0. The molecular weight excluding hydrogens is 322 g/mol. The highest BCUT2D eigenvalue weighted by Crippen LogP contribution is 2.42. The van der Waals surface area contributed by atoms with Crippen molar-refractivity contribution < 1.29 is 4.79 Å². The molecule has 1 aliphatic carbocycles. The molecule has 1 saturated carbocycles. The van der Waals surface area contributed by atoms with Gasteiger partial charge in [-0.2, -0.15) is 0 Å². The summed E-state index contributed by atoms with van der Waals surface area (Å²) in [5.41, 5.74) is 7.81. The van der Waals surface area contributed by atoms with E-state index in [4.69, 9.17) is 5.73 Å². The first-order valence-corrected chi connectivity index (χ1v) is 10.5. The second-order valence-electron chi connectivity index (χ2n) is 8.81. The van der Waals surface area contributed by atoms with Crippen LogP contribution in [0.4, 0.5) is 0 Å². The zero-order chi connectivity index (χ0) is 18.0. The number of carbonyl (C=O) groups is 1. The second kappa shape index (κ2) is 7.69. The van der Waals surface area contributed by atoms with Crippen LogP contribution in [0.1, 0.15) is 67.3 Å². The van der Waals surface area contributed by atoms with E-state index in [2.05, 4.69) is 9.80 Å². The Morgan fingerprint density at radius 2 is 1.54 bits per heavy atom. The Kier molecular flexibility index (Phi) is 5.32. The lowest BCUT2D eigenvalue weighted by Gasteiger charge is -2.48. The van der Waals surface area contributed by atoms with Gasteiger partial charge in [-0.05, 0) is 87.8 Å². The first-order valence-electron chi connectivity index (χ1n) is 10.5. The quantitative estimate of drug-likeness (QED) is 0.900. The Morgan fingerprint density at radius 3 is 2.12 bits per heavy atom. The summed E-state index contributed by atoms with van der Waals surface area (Å²) in [6.07, 6.45) is 11.3. The van der Waals surface area contributed by atoms with Gasteiger partial charge in [0.15, 0.2) is 0 Å². The molecule has 0 bridgehead atoms. The summed E-state index contributed by atoms with van der Waals surface area (Å²) >= 11 is 0. The molecule has 4 rings (SSSR count). The molecule has 3 aliphatic rings. The maximum absolute atomic E-state index is 11.2.